The Bertz CT molecular complexity index is 595. The zero-order valence-corrected chi connectivity index (χ0v) is 8.63. The van der Waals surface area contributed by atoms with Crippen molar-refractivity contribution in [3.05, 3.63) is 44.7 Å². The third kappa shape index (κ3) is 1.22. The standard InChI is InChI=1S/C10H5BrN2O/c11-8-5-13-9-6(4-12)2-1-3-7(9)10(8)14/h1-3,5H,(H,13,14). The van der Waals surface area contributed by atoms with E-state index in [1.807, 2.05) is 6.07 Å². The van der Waals surface area contributed by atoms with Crippen LogP contribution >= 0.6 is 15.9 Å². The second-order valence-electron chi connectivity index (χ2n) is 2.81. The minimum absolute atomic E-state index is 0.101. The fraction of sp³-hybridized carbons (Fsp3) is 0. The van der Waals surface area contributed by atoms with Gasteiger partial charge in [-0.3, -0.25) is 4.79 Å². The summed E-state index contributed by atoms with van der Waals surface area (Å²) >= 11 is 3.14. The van der Waals surface area contributed by atoms with Crippen molar-refractivity contribution in [3.8, 4) is 6.07 Å². The van der Waals surface area contributed by atoms with Gasteiger partial charge in [0.05, 0.1) is 15.6 Å². The normalized spacial score (nSPS) is 10.0. The maximum atomic E-state index is 11.6. The molecule has 1 aromatic heterocycles. The summed E-state index contributed by atoms with van der Waals surface area (Å²) < 4.78 is 0.472. The fourth-order valence-electron chi connectivity index (χ4n) is 1.32. The molecule has 0 bridgehead atoms. The highest BCUT2D eigenvalue weighted by molar-refractivity contribution is 9.10. The van der Waals surface area contributed by atoms with Crippen molar-refractivity contribution >= 4 is 26.8 Å². The van der Waals surface area contributed by atoms with Gasteiger partial charge in [-0.25, -0.2) is 0 Å². The number of hydrogen-bond acceptors (Lipinski definition) is 2. The van der Waals surface area contributed by atoms with E-state index in [-0.39, 0.29) is 5.43 Å². The van der Waals surface area contributed by atoms with E-state index in [1.54, 1.807) is 24.4 Å². The van der Waals surface area contributed by atoms with Crippen LogP contribution in [0.5, 0.6) is 0 Å². The third-order valence-electron chi connectivity index (χ3n) is 1.99. The number of pyridine rings is 1. The van der Waals surface area contributed by atoms with Crippen molar-refractivity contribution in [1.82, 2.24) is 4.98 Å². The van der Waals surface area contributed by atoms with Crippen molar-refractivity contribution in [3.63, 3.8) is 0 Å². The summed E-state index contributed by atoms with van der Waals surface area (Å²) in [5.74, 6) is 0. The van der Waals surface area contributed by atoms with Crippen LogP contribution in [0.4, 0.5) is 0 Å². The molecule has 1 heterocycles. The molecular weight excluding hydrogens is 244 g/mol. The lowest BCUT2D eigenvalue weighted by molar-refractivity contribution is 1.35. The van der Waals surface area contributed by atoms with Crippen molar-refractivity contribution in [2.24, 2.45) is 0 Å². The predicted molar refractivity (Wildman–Crippen MR) is 57.0 cm³/mol. The molecule has 0 spiro atoms. The topological polar surface area (TPSA) is 56.6 Å². The highest BCUT2D eigenvalue weighted by Gasteiger charge is 2.05. The zero-order chi connectivity index (χ0) is 10.1. The summed E-state index contributed by atoms with van der Waals surface area (Å²) in [6, 6.07) is 7.10. The van der Waals surface area contributed by atoms with Gasteiger partial charge in [0.25, 0.3) is 0 Å². The van der Waals surface area contributed by atoms with E-state index in [4.69, 9.17) is 5.26 Å². The molecule has 0 aliphatic heterocycles. The molecule has 0 aliphatic rings. The van der Waals surface area contributed by atoms with Crippen LogP contribution in [0.1, 0.15) is 5.56 Å². The number of nitrogens with one attached hydrogen (secondary N) is 1. The summed E-state index contributed by atoms with van der Waals surface area (Å²) in [4.78, 5) is 14.5. The third-order valence-corrected chi connectivity index (χ3v) is 2.58. The molecule has 0 atom stereocenters. The summed E-state index contributed by atoms with van der Waals surface area (Å²) in [7, 11) is 0. The van der Waals surface area contributed by atoms with Crippen molar-refractivity contribution < 1.29 is 0 Å². The molecule has 0 radical (unpaired) electrons. The van der Waals surface area contributed by atoms with E-state index in [9.17, 15) is 4.79 Å². The highest BCUT2D eigenvalue weighted by Crippen LogP contribution is 2.14. The number of fused-ring (bicyclic) bond motifs is 1. The molecule has 0 fully saturated rings. The lowest BCUT2D eigenvalue weighted by Gasteiger charge is -1.99. The zero-order valence-electron chi connectivity index (χ0n) is 7.04. The summed E-state index contributed by atoms with van der Waals surface area (Å²) in [5.41, 5.74) is 0.964. The molecule has 0 unspecified atom stereocenters. The average molecular weight is 249 g/mol. The highest BCUT2D eigenvalue weighted by atomic mass is 79.9. The van der Waals surface area contributed by atoms with Gasteiger partial charge in [-0.05, 0) is 28.1 Å². The Kier molecular flexibility index (Phi) is 2.10. The second-order valence-corrected chi connectivity index (χ2v) is 3.66. The van der Waals surface area contributed by atoms with E-state index >= 15 is 0 Å². The molecule has 0 aliphatic carbocycles. The van der Waals surface area contributed by atoms with Crippen LogP contribution in [0.3, 0.4) is 0 Å². The van der Waals surface area contributed by atoms with E-state index in [1.165, 1.54) is 0 Å². The van der Waals surface area contributed by atoms with Crippen molar-refractivity contribution in [1.29, 1.82) is 5.26 Å². The van der Waals surface area contributed by atoms with Gasteiger partial charge in [0.15, 0.2) is 0 Å². The summed E-state index contributed by atoms with van der Waals surface area (Å²) in [5, 5.41) is 9.34. The molecule has 0 saturated heterocycles. The van der Waals surface area contributed by atoms with Crippen LogP contribution in [0, 0.1) is 11.3 Å². The lowest BCUT2D eigenvalue weighted by Crippen LogP contribution is -2.03. The largest absolute Gasteiger partial charge is 0.359 e. The predicted octanol–water partition coefficient (Wildman–Crippen LogP) is 2.16. The molecule has 68 valence electrons. The van der Waals surface area contributed by atoms with Crippen LogP contribution in [-0.2, 0) is 0 Å². The van der Waals surface area contributed by atoms with Crippen molar-refractivity contribution in [2.45, 2.75) is 0 Å². The molecule has 2 rings (SSSR count). The minimum Gasteiger partial charge on any atom is -0.359 e. The number of aromatic nitrogens is 1. The average Bonchev–Trinajstić information content (AvgIpc) is 2.23. The van der Waals surface area contributed by atoms with Crippen LogP contribution in [-0.4, -0.2) is 4.98 Å². The van der Waals surface area contributed by atoms with Crippen LogP contribution in [0.2, 0.25) is 0 Å². The Labute approximate surface area is 88.1 Å². The monoisotopic (exact) mass is 248 g/mol. The van der Waals surface area contributed by atoms with Gasteiger partial charge in [-0.1, -0.05) is 6.07 Å². The maximum absolute atomic E-state index is 11.6. The molecule has 14 heavy (non-hydrogen) atoms. The number of rotatable bonds is 0. The first-order chi connectivity index (χ1) is 6.74. The number of aromatic amines is 1. The van der Waals surface area contributed by atoms with E-state index in [2.05, 4.69) is 20.9 Å². The molecule has 1 aromatic carbocycles. The molecule has 3 nitrogen and oxygen atoms in total. The first kappa shape index (κ1) is 8.97. The molecule has 4 heteroatoms. The van der Waals surface area contributed by atoms with Gasteiger partial charge >= 0.3 is 0 Å². The van der Waals surface area contributed by atoms with Gasteiger partial charge in [0, 0.05) is 11.6 Å². The Morgan fingerprint density at radius 3 is 2.93 bits per heavy atom. The molecular formula is C10H5BrN2O. The van der Waals surface area contributed by atoms with Gasteiger partial charge < -0.3 is 4.98 Å². The first-order valence-electron chi connectivity index (χ1n) is 3.94. The molecule has 0 saturated carbocycles. The van der Waals surface area contributed by atoms with Gasteiger partial charge in [-0.15, -0.1) is 0 Å². The first-order valence-corrected chi connectivity index (χ1v) is 4.73. The number of benzene rings is 1. The number of nitriles is 1. The smallest absolute Gasteiger partial charge is 0.203 e. The van der Waals surface area contributed by atoms with Gasteiger partial charge in [0.2, 0.25) is 5.43 Å². The Hall–Kier alpha value is -1.60. The molecule has 1 N–H and O–H groups in total. The minimum atomic E-state index is -0.101. The van der Waals surface area contributed by atoms with Gasteiger partial charge in [-0.2, -0.15) is 5.26 Å². The lowest BCUT2D eigenvalue weighted by atomic mass is 10.1. The van der Waals surface area contributed by atoms with Gasteiger partial charge in [0.1, 0.15) is 6.07 Å². The Balaban J connectivity index is 3.02. The van der Waals surface area contributed by atoms with Crippen molar-refractivity contribution in [2.75, 3.05) is 0 Å². The quantitative estimate of drug-likeness (QED) is 0.777. The molecule has 0 amide bonds. The van der Waals surface area contributed by atoms with E-state index in [0.717, 1.165) is 0 Å². The summed E-state index contributed by atoms with van der Waals surface area (Å²) in [6.45, 7) is 0. The maximum Gasteiger partial charge on any atom is 0.203 e. The van der Waals surface area contributed by atoms with Crippen LogP contribution < -0.4 is 5.43 Å². The molecule has 2 aromatic rings. The number of nitrogens with zero attached hydrogens (tertiary/aromatic N) is 1. The Morgan fingerprint density at radius 1 is 1.43 bits per heavy atom. The fourth-order valence-corrected chi connectivity index (χ4v) is 1.65. The van der Waals surface area contributed by atoms with E-state index in [0.29, 0.717) is 20.9 Å². The second kappa shape index (κ2) is 3.28. The Morgan fingerprint density at radius 2 is 2.21 bits per heavy atom. The van der Waals surface area contributed by atoms with E-state index < -0.39 is 0 Å². The number of para-hydroxylation sites is 1. The van der Waals surface area contributed by atoms with Crippen LogP contribution in [0.25, 0.3) is 10.9 Å². The number of halogens is 1. The number of hydrogen-bond donors (Lipinski definition) is 1. The number of H-pyrrole nitrogens is 1. The SMILES string of the molecule is N#Cc1cccc2c(=O)c(Br)c[nH]c12. The van der Waals surface area contributed by atoms with Crippen LogP contribution in [0.15, 0.2) is 33.7 Å². The summed E-state index contributed by atoms with van der Waals surface area (Å²) in [6.07, 6.45) is 1.55.